The summed E-state index contributed by atoms with van der Waals surface area (Å²) < 4.78 is 34.0. The number of nitrogens with zero attached hydrogens (tertiary/aromatic N) is 1. The van der Waals surface area contributed by atoms with Crippen LogP contribution in [0.5, 0.6) is 5.75 Å². The van der Waals surface area contributed by atoms with Crippen LogP contribution in [0, 0.1) is 11.6 Å². The van der Waals surface area contributed by atoms with Gasteiger partial charge in [-0.25, -0.2) is 8.78 Å². The van der Waals surface area contributed by atoms with E-state index >= 15 is 0 Å². The molecule has 0 spiro atoms. The summed E-state index contributed by atoms with van der Waals surface area (Å²) in [5.41, 5.74) is 1.68. The highest BCUT2D eigenvalue weighted by molar-refractivity contribution is 5.83. The van der Waals surface area contributed by atoms with E-state index in [4.69, 9.17) is 4.74 Å². The minimum Gasteiger partial charge on any atom is -0.486 e. The molecule has 0 radical (unpaired) electrons. The number of benzene rings is 2. The van der Waals surface area contributed by atoms with Gasteiger partial charge in [-0.15, -0.1) is 0 Å². The molecule has 0 amide bonds. The molecule has 0 bridgehead atoms. The summed E-state index contributed by atoms with van der Waals surface area (Å²) in [4.78, 5) is 0. The van der Waals surface area contributed by atoms with Crippen molar-refractivity contribution in [2.24, 2.45) is 7.05 Å². The Balaban J connectivity index is 1.90. The van der Waals surface area contributed by atoms with Gasteiger partial charge in [0.15, 0.2) is 11.6 Å². The number of para-hydroxylation sites is 1. The highest BCUT2D eigenvalue weighted by Crippen LogP contribution is 2.24. The molecule has 0 atom stereocenters. The van der Waals surface area contributed by atoms with E-state index in [2.05, 4.69) is 0 Å². The lowest BCUT2D eigenvalue weighted by molar-refractivity contribution is 0.291. The van der Waals surface area contributed by atoms with Crippen molar-refractivity contribution in [2.75, 3.05) is 0 Å². The van der Waals surface area contributed by atoms with Gasteiger partial charge in [0.25, 0.3) is 0 Å². The van der Waals surface area contributed by atoms with Gasteiger partial charge in [-0.05, 0) is 30.3 Å². The van der Waals surface area contributed by atoms with E-state index in [1.165, 1.54) is 18.2 Å². The van der Waals surface area contributed by atoms with Gasteiger partial charge in [0.05, 0.1) is 5.52 Å². The smallest absolute Gasteiger partial charge is 0.165 e. The van der Waals surface area contributed by atoms with Crippen LogP contribution < -0.4 is 4.74 Å². The van der Waals surface area contributed by atoms with Crippen LogP contribution >= 0.6 is 0 Å². The predicted molar refractivity (Wildman–Crippen MR) is 73.6 cm³/mol. The van der Waals surface area contributed by atoms with Gasteiger partial charge in [-0.3, -0.25) is 0 Å². The minimum atomic E-state index is -0.390. The first-order chi connectivity index (χ1) is 9.65. The molecule has 2 aromatic carbocycles. The van der Waals surface area contributed by atoms with Crippen molar-refractivity contribution in [2.45, 2.75) is 6.61 Å². The monoisotopic (exact) mass is 273 g/mol. The lowest BCUT2D eigenvalue weighted by atomic mass is 10.2. The topological polar surface area (TPSA) is 14.2 Å². The second-order valence-corrected chi connectivity index (χ2v) is 4.65. The van der Waals surface area contributed by atoms with E-state index in [1.54, 1.807) is 24.3 Å². The standard InChI is InChI=1S/C16H13F2NO/c1-19-9-11(13-7-6-12(17)8-15(13)19)10-20-16-5-3-2-4-14(16)18/h2-9H,10H2,1H3. The first kappa shape index (κ1) is 12.7. The van der Waals surface area contributed by atoms with Gasteiger partial charge < -0.3 is 9.30 Å². The number of halogens is 2. The molecule has 0 unspecified atom stereocenters. The molecule has 0 fully saturated rings. The maximum atomic E-state index is 13.5. The number of hydrogen-bond acceptors (Lipinski definition) is 1. The third-order valence-corrected chi connectivity index (χ3v) is 3.26. The molecule has 0 saturated heterocycles. The van der Waals surface area contributed by atoms with Crippen molar-refractivity contribution in [3.8, 4) is 5.75 Å². The zero-order valence-corrected chi connectivity index (χ0v) is 10.9. The molecule has 0 aliphatic rings. The van der Waals surface area contributed by atoms with Crippen molar-refractivity contribution in [1.29, 1.82) is 0 Å². The van der Waals surface area contributed by atoms with Gasteiger partial charge in [0.2, 0.25) is 0 Å². The zero-order valence-electron chi connectivity index (χ0n) is 10.9. The number of aromatic nitrogens is 1. The number of aryl methyl sites for hydroxylation is 1. The third kappa shape index (κ3) is 2.25. The minimum absolute atomic E-state index is 0.214. The fourth-order valence-corrected chi connectivity index (χ4v) is 2.27. The summed E-state index contributed by atoms with van der Waals surface area (Å²) in [6, 6.07) is 10.9. The first-order valence-electron chi connectivity index (χ1n) is 6.26. The molecule has 20 heavy (non-hydrogen) atoms. The lowest BCUT2D eigenvalue weighted by Crippen LogP contribution is -1.96. The second-order valence-electron chi connectivity index (χ2n) is 4.65. The normalized spacial score (nSPS) is 10.9. The number of rotatable bonds is 3. The van der Waals surface area contributed by atoms with Crippen molar-refractivity contribution in [1.82, 2.24) is 4.57 Å². The van der Waals surface area contributed by atoms with E-state index < -0.39 is 5.82 Å². The molecule has 102 valence electrons. The third-order valence-electron chi connectivity index (χ3n) is 3.26. The average Bonchev–Trinajstić information content (AvgIpc) is 2.74. The van der Waals surface area contributed by atoms with Crippen LogP contribution in [-0.2, 0) is 13.7 Å². The molecular formula is C16H13F2NO. The Morgan fingerprint density at radius 2 is 1.90 bits per heavy atom. The summed E-state index contributed by atoms with van der Waals surface area (Å²) in [7, 11) is 1.84. The number of ether oxygens (including phenoxy) is 1. The molecule has 0 aliphatic heterocycles. The maximum absolute atomic E-state index is 13.5. The largest absolute Gasteiger partial charge is 0.486 e. The molecule has 0 aliphatic carbocycles. The van der Waals surface area contributed by atoms with Crippen molar-refractivity contribution in [3.05, 3.63) is 65.9 Å². The first-order valence-corrected chi connectivity index (χ1v) is 6.26. The summed E-state index contributed by atoms with van der Waals surface area (Å²) in [6.45, 7) is 0.240. The summed E-state index contributed by atoms with van der Waals surface area (Å²) in [5, 5.41) is 0.908. The van der Waals surface area contributed by atoms with Crippen molar-refractivity contribution < 1.29 is 13.5 Å². The van der Waals surface area contributed by atoms with E-state index in [9.17, 15) is 8.78 Å². The average molecular weight is 273 g/mol. The zero-order chi connectivity index (χ0) is 14.1. The summed E-state index contributed by atoms with van der Waals surface area (Å²) in [5.74, 6) is -0.453. The van der Waals surface area contributed by atoms with E-state index in [-0.39, 0.29) is 18.2 Å². The fourth-order valence-electron chi connectivity index (χ4n) is 2.27. The van der Waals surface area contributed by atoms with Gasteiger partial charge in [0, 0.05) is 24.2 Å². The highest BCUT2D eigenvalue weighted by Gasteiger charge is 2.09. The Morgan fingerprint density at radius 3 is 2.70 bits per heavy atom. The van der Waals surface area contributed by atoms with Crippen LogP contribution in [0.15, 0.2) is 48.7 Å². The maximum Gasteiger partial charge on any atom is 0.165 e. The van der Waals surface area contributed by atoms with Crippen LogP contribution in [0.3, 0.4) is 0 Å². The number of hydrogen-bond donors (Lipinski definition) is 0. The number of fused-ring (bicyclic) bond motifs is 1. The highest BCUT2D eigenvalue weighted by atomic mass is 19.1. The van der Waals surface area contributed by atoms with Crippen molar-refractivity contribution >= 4 is 10.9 Å². The molecular weight excluding hydrogens is 260 g/mol. The SMILES string of the molecule is Cn1cc(COc2ccccc2F)c2ccc(F)cc21. The molecule has 3 rings (SSSR count). The predicted octanol–water partition coefficient (Wildman–Crippen LogP) is 4.04. The fraction of sp³-hybridized carbons (Fsp3) is 0.125. The Labute approximate surface area is 115 Å². The summed E-state index contributed by atoms with van der Waals surface area (Å²) in [6.07, 6.45) is 1.87. The van der Waals surface area contributed by atoms with Gasteiger partial charge >= 0.3 is 0 Å². The molecule has 4 heteroatoms. The van der Waals surface area contributed by atoms with E-state index in [0.717, 1.165) is 16.5 Å². The van der Waals surface area contributed by atoms with E-state index in [0.29, 0.717) is 0 Å². The van der Waals surface area contributed by atoms with E-state index in [1.807, 2.05) is 17.8 Å². The van der Waals surface area contributed by atoms with Gasteiger partial charge in [-0.2, -0.15) is 0 Å². The Morgan fingerprint density at radius 1 is 1.10 bits per heavy atom. The van der Waals surface area contributed by atoms with Crippen LogP contribution in [0.1, 0.15) is 5.56 Å². The van der Waals surface area contributed by atoms with Gasteiger partial charge in [0.1, 0.15) is 12.4 Å². The van der Waals surface area contributed by atoms with Crippen molar-refractivity contribution in [3.63, 3.8) is 0 Å². The quantitative estimate of drug-likeness (QED) is 0.702. The molecule has 0 N–H and O–H groups in total. The molecule has 1 heterocycles. The Kier molecular flexibility index (Phi) is 3.14. The Bertz CT molecular complexity index is 764. The molecule has 2 nitrogen and oxygen atoms in total. The second kappa shape index (κ2) is 4.96. The molecule has 0 saturated carbocycles. The van der Waals surface area contributed by atoms with Crippen LogP contribution in [0.25, 0.3) is 10.9 Å². The summed E-state index contributed by atoms with van der Waals surface area (Å²) >= 11 is 0. The van der Waals surface area contributed by atoms with Gasteiger partial charge in [-0.1, -0.05) is 12.1 Å². The van der Waals surface area contributed by atoms with Crippen LogP contribution in [0.2, 0.25) is 0 Å². The van der Waals surface area contributed by atoms with Crippen LogP contribution in [0.4, 0.5) is 8.78 Å². The van der Waals surface area contributed by atoms with Crippen LogP contribution in [-0.4, -0.2) is 4.57 Å². The lowest BCUT2D eigenvalue weighted by Gasteiger charge is -2.06. The Hall–Kier alpha value is -2.36. The molecule has 3 aromatic rings. The molecule has 1 aromatic heterocycles.